The molecule has 4 heterocycles. The Morgan fingerprint density at radius 3 is 2.72 bits per heavy atom. The fourth-order valence-electron chi connectivity index (χ4n) is 3.56. The molecule has 0 radical (unpaired) electrons. The van der Waals surface area contributed by atoms with E-state index in [-0.39, 0.29) is 58.8 Å². The molecule has 0 spiro atoms. The fourth-order valence-corrected chi connectivity index (χ4v) is 4.34. The number of phosphoric acid groups is 1. The molecule has 1 aliphatic rings. The van der Waals surface area contributed by atoms with Crippen molar-refractivity contribution >= 4 is 30.8 Å². The van der Waals surface area contributed by atoms with Crippen molar-refractivity contribution in [2.75, 3.05) is 19.0 Å². The van der Waals surface area contributed by atoms with Crippen LogP contribution in [-0.2, 0) is 13.8 Å². The molecule has 4 aromatic rings. The minimum atomic E-state index is -4.15. The molecule has 5 rings (SSSR count). The third-order valence-electron chi connectivity index (χ3n) is 5.49. The summed E-state index contributed by atoms with van der Waals surface area (Å²) in [7, 11) is -3.20. The van der Waals surface area contributed by atoms with Gasteiger partial charge >= 0.3 is 37.4 Å². The van der Waals surface area contributed by atoms with Gasteiger partial charge in [-0.25, -0.2) is 13.9 Å². The average molecular weight is 588 g/mol. The Kier molecular flexibility index (Phi) is 11.1. The summed E-state index contributed by atoms with van der Waals surface area (Å²) < 4.78 is 34.9. The third-order valence-corrected chi connectivity index (χ3v) is 6.86. The second-order valence-corrected chi connectivity index (χ2v) is 10.2. The molecular weight excluding hydrogens is 563 g/mol. The molecule has 4 aromatic heterocycles. The number of nitrogens with one attached hydrogen (secondary N) is 1. The Bertz CT molecular complexity index is 1420. The van der Waals surface area contributed by atoms with Gasteiger partial charge in [-0.05, 0) is 31.9 Å². The number of aromatic nitrogens is 6. The van der Waals surface area contributed by atoms with Gasteiger partial charge in [-0.3, -0.25) is 19.0 Å². The number of rotatable bonds is 8. The molecule has 39 heavy (non-hydrogen) atoms. The second-order valence-electron chi connectivity index (χ2n) is 8.02. The summed E-state index contributed by atoms with van der Waals surface area (Å²) in [6.07, 6.45) is 8.19. The molecule has 202 valence electrons. The van der Waals surface area contributed by atoms with Crippen molar-refractivity contribution in [2.45, 2.75) is 31.9 Å². The number of carbonyl (C=O) groups excluding carboxylic acids is 1. The van der Waals surface area contributed by atoms with Crippen LogP contribution >= 0.6 is 19.2 Å². The number of nitrogens with zero attached hydrogens (tertiary/aromatic N) is 6. The van der Waals surface area contributed by atoms with Gasteiger partial charge in [-0.15, -0.1) is 17.5 Å². The Labute approximate surface area is 248 Å². The van der Waals surface area contributed by atoms with Crippen LogP contribution < -0.4 is 40.0 Å². The van der Waals surface area contributed by atoms with E-state index < -0.39 is 19.5 Å². The van der Waals surface area contributed by atoms with Crippen LogP contribution in [0.25, 0.3) is 22.0 Å². The van der Waals surface area contributed by atoms with Gasteiger partial charge in [0.25, 0.3) is 5.91 Å². The number of phosphoric ester groups is 1. The van der Waals surface area contributed by atoms with E-state index in [1.54, 1.807) is 28.7 Å². The first-order chi connectivity index (χ1) is 18.2. The van der Waals surface area contributed by atoms with Gasteiger partial charge in [0.15, 0.2) is 5.82 Å². The predicted molar refractivity (Wildman–Crippen MR) is 135 cm³/mol. The van der Waals surface area contributed by atoms with Crippen LogP contribution in [0.4, 0.5) is 10.1 Å². The van der Waals surface area contributed by atoms with Crippen molar-refractivity contribution in [2.24, 2.45) is 0 Å². The van der Waals surface area contributed by atoms with Gasteiger partial charge < -0.3 is 30.0 Å². The van der Waals surface area contributed by atoms with Crippen LogP contribution in [0, 0.1) is 5.82 Å². The zero-order chi connectivity index (χ0) is 27.3. The molecule has 0 aliphatic heterocycles. The smallest absolute Gasteiger partial charge is 0.581 e. The summed E-state index contributed by atoms with van der Waals surface area (Å²) in [5.41, 5.74) is 1.71. The van der Waals surface area contributed by atoms with Crippen molar-refractivity contribution in [3.05, 3.63) is 53.8 Å². The maximum Gasteiger partial charge on any atom is 1.00 e. The summed E-state index contributed by atoms with van der Waals surface area (Å²) in [6, 6.07) is 2.94. The molecule has 1 aliphatic carbocycles. The number of anilines is 1. The molecule has 1 fully saturated rings. The number of amides is 1. The molecule has 1 amide bonds. The Balaban J connectivity index is 0.000000543. The van der Waals surface area contributed by atoms with Crippen molar-refractivity contribution in [3.8, 4) is 22.0 Å². The molecule has 0 bridgehead atoms. The molecule has 0 saturated heterocycles. The topological polar surface area (TPSA) is 176 Å². The van der Waals surface area contributed by atoms with Gasteiger partial charge in [0.05, 0.1) is 17.8 Å². The number of ether oxygens (including phenoxy) is 1. The summed E-state index contributed by atoms with van der Waals surface area (Å²) in [4.78, 5) is 36.8. The van der Waals surface area contributed by atoms with Crippen LogP contribution in [0.5, 0.6) is 0 Å². The van der Waals surface area contributed by atoms with Crippen molar-refractivity contribution < 1.29 is 62.4 Å². The number of halogens is 1. The zero-order valence-electron chi connectivity index (χ0n) is 21.3. The standard InChI is InChI=1S/C21H20FN7O2S.CH5O4P.Na/c1-2-31-14-6-13(7-14)29-10-16(19(28-29)18-15(22)4-3-5-23-18)26-20(30)17-11-32-21(27-17)12-8-24-25-9-12;1-5-6(2,3)4;/h3-5,8-11,13-14H,2,6-7H2,1H3,(H2,24,25,26,27,30);1H3,(H2,2,3,4);/q;;+1/p-1. The first-order valence-corrected chi connectivity index (χ1v) is 13.7. The van der Waals surface area contributed by atoms with Crippen molar-refractivity contribution in [3.63, 3.8) is 0 Å². The van der Waals surface area contributed by atoms with E-state index in [9.17, 15) is 13.8 Å². The van der Waals surface area contributed by atoms with Crippen LogP contribution in [0.2, 0.25) is 0 Å². The third kappa shape index (κ3) is 8.10. The van der Waals surface area contributed by atoms with Crippen molar-refractivity contribution in [1.29, 1.82) is 0 Å². The molecule has 1 saturated carbocycles. The minimum Gasteiger partial charge on any atom is -0.581 e. The SMILES string of the molecule is CCOC1CC(n2cc(NC(=O)c3csc(-c4cn[n-]c4)n3)c(-c3ncccc3F)n2)C1.COP(=O)(O)O.[Na+]. The minimum absolute atomic E-state index is 0. The summed E-state index contributed by atoms with van der Waals surface area (Å²) in [6.45, 7) is 2.63. The van der Waals surface area contributed by atoms with Crippen molar-refractivity contribution in [1.82, 2.24) is 29.9 Å². The first kappa shape index (κ1) is 31.2. The van der Waals surface area contributed by atoms with E-state index in [0.29, 0.717) is 17.3 Å². The quantitative estimate of drug-likeness (QED) is 0.191. The number of pyridine rings is 1. The molecule has 0 unspecified atom stereocenters. The van der Waals surface area contributed by atoms with E-state index in [2.05, 4.69) is 35.1 Å². The van der Waals surface area contributed by atoms with Gasteiger partial charge in [-0.2, -0.15) is 5.10 Å². The summed E-state index contributed by atoms with van der Waals surface area (Å²) >= 11 is 1.32. The molecule has 17 heteroatoms. The van der Waals surface area contributed by atoms with E-state index in [1.807, 2.05) is 6.92 Å². The zero-order valence-corrected chi connectivity index (χ0v) is 25.0. The molecular formula is C22H24FN7NaO6PS. The number of hydrogen-bond acceptors (Lipinski definition) is 9. The van der Waals surface area contributed by atoms with E-state index >= 15 is 0 Å². The van der Waals surface area contributed by atoms with E-state index in [0.717, 1.165) is 25.5 Å². The molecule has 13 nitrogen and oxygen atoms in total. The maximum atomic E-state index is 14.5. The van der Waals surface area contributed by atoms with Crippen LogP contribution in [0.3, 0.4) is 0 Å². The fraction of sp³-hybridized carbons (Fsp3) is 0.318. The molecule has 0 aromatic carbocycles. The Morgan fingerprint density at radius 1 is 1.36 bits per heavy atom. The second kappa shape index (κ2) is 13.8. The van der Waals surface area contributed by atoms with Crippen LogP contribution in [0.15, 0.2) is 42.3 Å². The van der Waals surface area contributed by atoms with E-state index in [4.69, 9.17) is 14.5 Å². The number of hydrogen-bond donors (Lipinski definition) is 3. The number of thiazole rings is 1. The van der Waals surface area contributed by atoms with Gasteiger partial charge in [0.2, 0.25) is 0 Å². The van der Waals surface area contributed by atoms with Gasteiger partial charge in [0.1, 0.15) is 22.1 Å². The normalized spacial score (nSPS) is 16.4. The Hall–Kier alpha value is -2.33. The summed E-state index contributed by atoms with van der Waals surface area (Å²) in [5, 5.41) is 17.2. The average Bonchev–Trinajstić information content (AvgIpc) is 3.62. The van der Waals surface area contributed by atoms with Crippen LogP contribution in [-0.4, -0.2) is 60.4 Å². The maximum absolute atomic E-state index is 14.5. The van der Waals surface area contributed by atoms with E-state index in [1.165, 1.54) is 29.7 Å². The molecule has 3 N–H and O–H groups in total. The monoisotopic (exact) mass is 587 g/mol. The molecule has 0 atom stereocenters. The predicted octanol–water partition coefficient (Wildman–Crippen LogP) is 0.282. The van der Waals surface area contributed by atoms with Gasteiger partial charge in [0, 0.05) is 43.3 Å². The van der Waals surface area contributed by atoms with Crippen LogP contribution in [0.1, 0.15) is 36.3 Å². The number of carbonyl (C=O) groups is 1. The first-order valence-electron chi connectivity index (χ1n) is 11.3. The largest absolute Gasteiger partial charge is 1.00 e. The van der Waals surface area contributed by atoms with Gasteiger partial charge in [-0.1, -0.05) is 0 Å². The summed E-state index contributed by atoms with van der Waals surface area (Å²) in [5.74, 6) is -0.931. The Morgan fingerprint density at radius 2 is 2.10 bits per heavy atom.